The highest BCUT2D eigenvalue weighted by Gasteiger charge is 2.11. The molecule has 7 heteroatoms. The topological polar surface area (TPSA) is 80.7 Å². The average molecular weight is 351 g/mol. The molecule has 106 valence electrons. The maximum atomic E-state index is 11.5. The maximum Gasteiger partial charge on any atom is 0.303 e. The number of carboxylic acid groups (broad SMARTS) is 1. The first-order valence-corrected chi connectivity index (χ1v) is 8.46. The number of carbonyl (C=O) groups is 1. The number of benzene rings is 1. The average Bonchev–Trinajstić information content (AvgIpc) is 2.38. The Hall–Kier alpha value is -1.08. The number of carboxylic acids is 1. The number of aliphatic carboxylic acids is 1. The second-order valence-corrected chi connectivity index (χ2v) is 7.19. The minimum absolute atomic E-state index is 0.116. The van der Waals surface area contributed by atoms with E-state index in [2.05, 4.69) is 15.9 Å². The highest BCUT2D eigenvalue weighted by atomic mass is 79.9. The Morgan fingerprint density at radius 2 is 1.84 bits per heavy atom. The monoisotopic (exact) mass is 350 g/mol. The van der Waals surface area contributed by atoms with E-state index in [1.165, 1.54) is 12.1 Å². The van der Waals surface area contributed by atoms with Crippen LogP contribution < -0.4 is 4.74 Å². The molecule has 0 saturated heterocycles. The van der Waals surface area contributed by atoms with E-state index in [0.717, 1.165) is 0 Å². The first-order valence-electron chi connectivity index (χ1n) is 5.69. The molecular weight excluding hydrogens is 336 g/mol. The Morgan fingerprint density at radius 1 is 1.21 bits per heavy atom. The molecule has 0 bridgehead atoms. The Labute approximate surface area is 120 Å². The van der Waals surface area contributed by atoms with Crippen molar-refractivity contribution in [3.05, 3.63) is 24.3 Å². The van der Waals surface area contributed by atoms with Gasteiger partial charge in [-0.25, -0.2) is 8.42 Å². The van der Waals surface area contributed by atoms with Gasteiger partial charge in [0.2, 0.25) is 0 Å². The number of hydrogen-bond donors (Lipinski definition) is 1. The van der Waals surface area contributed by atoms with E-state index < -0.39 is 15.8 Å². The highest BCUT2D eigenvalue weighted by Crippen LogP contribution is 2.18. The third kappa shape index (κ3) is 5.61. The molecule has 0 spiro atoms. The van der Waals surface area contributed by atoms with Crippen molar-refractivity contribution >= 4 is 31.7 Å². The van der Waals surface area contributed by atoms with Gasteiger partial charge in [-0.05, 0) is 37.1 Å². The van der Waals surface area contributed by atoms with E-state index in [-0.39, 0.29) is 16.0 Å². The van der Waals surface area contributed by atoms with Crippen LogP contribution in [0.5, 0.6) is 5.75 Å². The van der Waals surface area contributed by atoms with Crippen molar-refractivity contribution in [3.8, 4) is 5.75 Å². The lowest BCUT2D eigenvalue weighted by Gasteiger charge is -2.06. The van der Waals surface area contributed by atoms with Crippen molar-refractivity contribution < 1.29 is 23.1 Å². The zero-order valence-corrected chi connectivity index (χ0v) is 12.6. The van der Waals surface area contributed by atoms with E-state index in [9.17, 15) is 13.2 Å². The van der Waals surface area contributed by atoms with E-state index in [4.69, 9.17) is 9.84 Å². The predicted molar refractivity (Wildman–Crippen MR) is 74.4 cm³/mol. The Morgan fingerprint density at radius 3 is 2.37 bits per heavy atom. The number of sulfone groups is 1. The molecule has 0 fully saturated rings. The first-order chi connectivity index (χ1) is 8.95. The van der Waals surface area contributed by atoms with Crippen LogP contribution in [-0.2, 0) is 14.6 Å². The van der Waals surface area contributed by atoms with Crippen molar-refractivity contribution in [2.45, 2.75) is 24.2 Å². The van der Waals surface area contributed by atoms with Gasteiger partial charge in [-0.3, -0.25) is 4.79 Å². The largest absolute Gasteiger partial charge is 0.494 e. The summed E-state index contributed by atoms with van der Waals surface area (Å²) in [5.41, 5.74) is 0. The third-order valence-electron chi connectivity index (χ3n) is 2.38. The Bertz CT molecular complexity index is 509. The van der Waals surface area contributed by atoms with Crippen LogP contribution in [0.2, 0.25) is 0 Å². The molecule has 0 radical (unpaired) electrons. The van der Waals surface area contributed by atoms with Crippen molar-refractivity contribution in [1.82, 2.24) is 0 Å². The summed E-state index contributed by atoms with van der Waals surface area (Å²) in [6.45, 7) is 0.415. The van der Waals surface area contributed by atoms with Crippen molar-refractivity contribution in [2.75, 3.05) is 11.3 Å². The molecular formula is C12H15BrO5S. The van der Waals surface area contributed by atoms with Crippen LogP contribution in [0.3, 0.4) is 0 Å². The van der Waals surface area contributed by atoms with E-state index >= 15 is 0 Å². The minimum atomic E-state index is -3.26. The van der Waals surface area contributed by atoms with Crippen LogP contribution >= 0.6 is 15.9 Å². The van der Waals surface area contributed by atoms with Crippen LogP contribution in [-0.4, -0.2) is 30.8 Å². The molecule has 0 aliphatic rings. The number of halogens is 1. The van der Waals surface area contributed by atoms with E-state index in [1.807, 2.05) is 0 Å². The fourth-order valence-corrected chi connectivity index (χ4v) is 2.84. The molecule has 0 saturated carbocycles. The summed E-state index contributed by atoms with van der Waals surface area (Å²) in [7, 11) is -3.26. The normalized spacial score (nSPS) is 11.2. The number of unbranched alkanes of at least 4 members (excludes halogenated alkanes) is 1. The summed E-state index contributed by atoms with van der Waals surface area (Å²) in [6.07, 6.45) is 1.34. The van der Waals surface area contributed by atoms with Crippen LogP contribution in [0.15, 0.2) is 29.2 Å². The molecule has 0 heterocycles. The van der Waals surface area contributed by atoms with Crippen LogP contribution in [0, 0.1) is 0 Å². The fourth-order valence-electron chi connectivity index (χ4n) is 1.37. The first kappa shape index (κ1) is 16.0. The molecule has 5 nitrogen and oxygen atoms in total. The molecule has 19 heavy (non-hydrogen) atoms. The summed E-state index contributed by atoms with van der Waals surface area (Å²) in [4.78, 5) is 10.5. The van der Waals surface area contributed by atoms with Gasteiger partial charge in [-0.1, -0.05) is 15.9 Å². The molecule has 1 aromatic rings. The summed E-state index contributed by atoms with van der Waals surface area (Å²) in [6, 6.07) is 6.16. The highest BCUT2D eigenvalue weighted by molar-refractivity contribution is 9.10. The van der Waals surface area contributed by atoms with Crippen LogP contribution in [0.25, 0.3) is 0 Å². The summed E-state index contributed by atoms with van der Waals surface area (Å²) in [5.74, 6) is -0.242. The van der Waals surface area contributed by atoms with Gasteiger partial charge in [0.05, 0.1) is 11.5 Å². The Balaban J connectivity index is 2.43. The zero-order valence-electron chi connectivity index (χ0n) is 10.2. The SMILES string of the molecule is O=C(O)CCCCOc1ccc(S(=O)(=O)CBr)cc1. The lowest BCUT2D eigenvalue weighted by atomic mass is 10.2. The molecule has 0 aliphatic heterocycles. The van der Waals surface area contributed by atoms with Gasteiger partial charge in [-0.2, -0.15) is 0 Å². The molecule has 1 rings (SSSR count). The fraction of sp³-hybridized carbons (Fsp3) is 0.417. The quantitative estimate of drug-likeness (QED) is 0.575. The van der Waals surface area contributed by atoms with Gasteiger partial charge < -0.3 is 9.84 Å². The number of alkyl halides is 1. The molecule has 0 amide bonds. The van der Waals surface area contributed by atoms with Gasteiger partial charge in [0, 0.05) is 6.42 Å². The predicted octanol–water partition coefficient (Wildman–Crippen LogP) is 2.45. The zero-order chi connectivity index (χ0) is 14.3. The summed E-state index contributed by atoms with van der Waals surface area (Å²) in [5, 5.41) is 8.46. The van der Waals surface area contributed by atoms with Gasteiger partial charge in [-0.15, -0.1) is 0 Å². The number of rotatable bonds is 8. The van der Waals surface area contributed by atoms with Crippen LogP contribution in [0.4, 0.5) is 0 Å². The smallest absolute Gasteiger partial charge is 0.303 e. The van der Waals surface area contributed by atoms with E-state index in [0.29, 0.717) is 25.2 Å². The summed E-state index contributed by atoms with van der Waals surface area (Å²) < 4.78 is 28.3. The van der Waals surface area contributed by atoms with Gasteiger partial charge in [0.25, 0.3) is 0 Å². The maximum absolute atomic E-state index is 11.5. The molecule has 0 aromatic heterocycles. The van der Waals surface area contributed by atoms with Crippen molar-refractivity contribution in [2.24, 2.45) is 0 Å². The summed E-state index contributed by atoms with van der Waals surface area (Å²) >= 11 is 2.93. The minimum Gasteiger partial charge on any atom is -0.494 e. The van der Waals surface area contributed by atoms with Crippen molar-refractivity contribution in [1.29, 1.82) is 0 Å². The lowest BCUT2D eigenvalue weighted by Crippen LogP contribution is -2.02. The lowest BCUT2D eigenvalue weighted by molar-refractivity contribution is -0.137. The second kappa shape index (κ2) is 7.49. The molecule has 1 aromatic carbocycles. The molecule has 0 aliphatic carbocycles. The van der Waals surface area contributed by atoms with Gasteiger partial charge >= 0.3 is 5.97 Å². The van der Waals surface area contributed by atoms with Crippen LogP contribution in [0.1, 0.15) is 19.3 Å². The third-order valence-corrected chi connectivity index (χ3v) is 5.47. The molecule has 0 atom stereocenters. The van der Waals surface area contributed by atoms with E-state index in [1.54, 1.807) is 12.1 Å². The van der Waals surface area contributed by atoms with Gasteiger partial charge in [0.15, 0.2) is 9.84 Å². The number of hydrogen-bond acceptors (Lipinski definition) is 4. The Kier molecular flexibility index (Phi) is 6.30. The van der Waals surface area contributed by atoms with Gasteiger partial charge in [0.1, 0.15) is 10.4 Å². The van der Waals surface area contributed by atoms with Crippen molar-refractivity contribution in [3.63, 3.8) is 0 Å². The molecule has 0 unspecified atom stereocenters. The number of ether oxygens (including phenoxy) is 1. The molecule has 1 N–H and O–H groups in total. The standard InChI is InChI=1S/C12H15BrO5S/c13-9-19(16,17)11-6-4-10(5-7-11)18-8-2-1-3-12(14)15/h4-7H,1-3,8-9H2,(H,14,15). The second-order valence-electron chi connectivity index (χ2n) is 3.89.